The van der Waals surface area contributed by atoms with Crippen molar-refractivity contribution in [3.05, 3.63) is 0 Å². The van der Waals surface area contributed by atoms with E-state index in [0.29, 0.717) is 0 Å². The molecule has 2 N–H and O–H groups in total. The van der Waals surface area contributed by atoms with Crippen molar-refractivity contribution >= 4 is 5.91 Å². The molecule has 1 atom stereocenters. The second-order valence-electron chi connectivity index (χ2n) is 5.23. The van der Waals surface area contributed by atoms with E-state index in [1.165, 1.54) is 12.8 Å². The highest BCUT2D eigenvalue weighted by Crippen LogP contribution is 2.23. The first kappa shape index (κ1) is 13.5. The lowest BCUT2D eigenvalue weighted by molar-refractivity contribution is -0.127. The molecule has 94 valence electrons. The van der Waals surface area contributed by atoms with Gasteiger partial charge in [-0.1, -0.05) is 6.92 Å². The third-order valence-corrected chi connectivity index (χ3v) is 2.95. The van der Waals surface area contributed by atoms with Gasteiger partial charge in [-0.05, 0) is 38.6 Å². The van der Waals surface area contributed by atoms with Crippen molar-refractivity contribution in [3.63, 3.8) is 0 Å². The Bertz CT molecular complexity index is 223. The summed E-state index contributed by atoms with van der Waals surface area (Å²) in [6, 6.07) is 0. The van der Waals surface area contributed by atoms with Crippen LogP contribution < -0.4 is 10.6 Å². The van der Waals surface area contributed by atoms with E-state index in [4.69, 9.17) is 4.74 Å². The summed E-state index contributed by atoms with van der Waals surface area (Å²) in [6.45, 7) is 9.06. The van der Waals surface area contributed by atoms with Gasteiger partial charge in [0, 0.05) is 13.1 Å². The maximum absolute atomic E-state index is 11.5. The zero-order valence-electron chi connectivity index (χ0n) is 10.6. The Hall–Kier alpha value is -0.610. The quantitative estimate of drug-likeness (QED) is 0.735. The molecule has 1 heterocycles. The van der Waals surface area contributed by atoms with Gasteiger partial charge in [0.05, 0.1) is 6.10 Å². The topological polar surface area (TPSA) is 50.4 Å². The summed E-state index contributed by atoms with van der Waals surface area (Å²) in [5.74, 6) is -0.0134. The minimum atomic E-state index is -0.0134. The Labute approximate surface area is 98.1 Å². The molecule has 0 aromatic carbocycles. The Balaban J connectivity index is 2.19. The Morgan fingerprint density at radius 2 is 2.31 bits per heavy atom. The van der Waals surface area contributed by atoms with E-state index in [-0.39, 0.29) is 24.0 Å². The van der Waals surface area contributed by atoms with Crippen LogP contribution in [-0.2, 0) is 9.53 Å². The lowest BCUT2D eigenvalue weighted by atomic mass is 9.83. The van der Waals surface area contributed by atoms with Gasteiger partial charge >= 0.3 is 0 Å². The van der Waals surface area contributed by atoms with Gasteiger partial charge in [-0.25, -0.2) is 0 Å². The minimum Gasteiger partial charge on any atom is -0.369 e. The Morgan fingerprint density at radius 3 is 2.88 bits per heavy atom. The molecule has 0 aliphatic carbocycles. The number of nitrogens with one attached hydrogen (secondary N) is 2. The fraction of sp³-hybridized carbons (Fsp3) is 0.917. The van der Waals surface area contributed by atoms with E-state index in [1.807, 2.05) is 13.8 Å². The molecule has 16 heavy (non-hydrogen) atoms. The van der Waals surface area contributed by atoms with Gasteiger partial charge in [-0.2, -0.15) is 0 Å². The SMILES string of the molecule is CC(C)OCC(=O)NCC1(C)CCCNC1. The molecule has 4 heteroatoms. The highest BCUT2D eigenvalue weighted by Gasteiger charge is 2.26. The van der Waals surface area contributed by atoms with Crippen LogP contribution in [0.1, 0.15) is 33.6 Å². The van der Waals surface area contributed by atoms with E-state index in [9.17, 15) is 4.79 Å². The van der Waals surface area contributed by atoms with Crippen molar-refractivity contribution in [2.45, 2.75) is 39.7 Å². The van der Waals surface area contributed by atoms with E-state index < -0.39 is 0 Å². The van der Waals surface area contributed by atoms with Gasteiger partial charge in [0.15, 0.2) is 0 Å². The third-order valence-electron chi connectivity index (χ3n) is 2.95. The summed E-state index contributed by atoms with van der Waals surface area (Å²) in [5.41, 5.74) is 0.200. The van der Waals surface area contributed by atoms with Crippen molar-refractivity contribution in [2.24, 2.45) is 5.41 Å². The Kier molecular flexibility index (Phi) is 5.22. The smallest absolute Gasteiger partial charge is 0.246 e. The molecule has 1 amide bonds. The first-order valence-corrected chi connectivity index (χ1v) is 6.11. The zero-order valence-corrected chi connectivity index (χ0v) is 10.6. The summed E-state index contributed by atoms with van der Waals surface area (Å²) >= 11 is 0. The Morgan fingerprint density at radius 1 is 1.56 bits per heavy atom. The summed E-state index contributed by atoms with van der Waals surface area (Å²) < 4.78 is 5.25. The number of piperidine rings is 1. The lowest BCUT2D eigenvalue weighted by Gasteiger charge is -2.34. The summed E-state index contributed by atoms with van der Waals surface area (Å²) in [4.78, 5) is 11.5. The summed E-state index contributed by atoms with van der Waals surface area (Å²) in [6.07, 6.45) is 2.47. The fourth-order valence-corrected chi connectivity index (χ4v) is 1.87. The first-order chi connectivity index (χ1) is 7.52. The number of amides is 1. The number of rotatable bonds is 5. The molecule has 1 aliphatic rings. The molecule has 1 aliphatic heterocycles. The molecule has 0 aromatic heterocycles. The average molecular weight is 228 g/mol. The fourth-order valence-electron chi connectivity index (χ4n) is 1.87. The van der Waals surface area contributed by atoms with Crippen LogP contribution in [-0.4, -0.2) is 38.3 Å². The second-order valence-corrected chi connectivity index (χ2v) is 5.23. The monoisotopic (exact) mass is 228 g/mol. The largest absolute Gasteiger partial charge is 0.369 e. The van der Waals surface area contributed by atoms with Crippen LogP contribution in [0.15, 0.2) is 0 Å². The molecule has 1 saturated heterocycles. The molecule has 1 fully saturated rings. The molecule has 0 spiro atoms. The van der Waals surface area contributed by atoms with Crippen LogP contribution in [0.3, 0.4) is 0 Å². The summed E-state index contributed by atoms with van der Waals surface area (Å²) in [5, 5.41) is 6.31. The number of ether oxygens (including phenoxy) is 1. The van der Waals surface area contributed by atoms with Gasteiger partial charge < -0.3 is 15.4 Å². The zero-order chi connectivity index (χ0) is 12.0. The number of carbonyl (C=O) groups excluding carboxylic acids is 1. The highest BCUT2D eigenvalue weighted by atomic mass is 16.5. The molecule has 0 aromatic rings. The lowest BCUT2D eigenvalue weighted by Crippen LogP contribution is -2.46. The molecule has 1 unspecified atom stereocenters. The van der Waals surface area contributed by atoms with Crippen LogP contribution in [0.5, 0.6) is 0 Å². The number of hydrogen-bond acceptors (Lipinski definition) is 3. The number of carbonyl (C=O) groups is 1. The average Bonchev–Trinajstić information content (AvgIpc) is 2.25. The molecular formula is C12H24N2O2. The van der Waals surface area contributed by atoms with E-state index in [2.05, 4.69) is 17.6 Å². The van der Waals surface area contributed by atoms with Crippen molar-refractivity contribution in [1.29, 1.82) is 0 Å². The predicted molar refractivity (Wildman–Crippen MR) is 64.3 cm³/mol. The maximum atomic E-state index is 11.5. The van der Waals surface area contributed by atoms with Crippen LogP contribution in [0.2, 0.25) is 0 Å². The van der Waals surface area contributed by atoms with Gasteiger partial charge in [0.1, 0.15) is 6.61 Å². The van der Waals surface area contributed by atoms with E-state index >= 15 is 0 Å². The first-order valence-electron chi connectivity index (χ1n) is 6.11. The van der Waals surface area contributed by atoms with Crippen molar-refractivity contribution in [1.82, 2.24) is 10.6 Å². The minimum absolute atomic E-state index is 0.0134. The molecule has 0 bridgehead atoms. The standard InChI is InChI=1S/C12H24N2O2/c1-10(2)16-7-11(15)14-9-12(3)5-4-6-13-8-12/h10,13H,4-9H2,1-3H3,(H,14,15). The maximum Gasteiger partial charge on any atom is 0.246 e. The van der Waals surface area contributed by atoms with E-state index in [0.717, 1.165) is 19.6 Å². The van der Waals surface area contributed by atoms with Gasteiger partial charge in [0.25, 0.3) is 0 Å². The van der Waals surface area contributed by atoms with Gasteiger partial charge in [-0.15, -0.1) is 0 Å². The van der Waals surface area contributed by atoms with Crippen molar-refractivity contribution in [2.75, 3.05) is 26.2 Å². The molecule has 4 nitrogen and oxygen atoms in total. The van der Waals surface area contributed by atoms with Crippen LogP contribution in [0.25, 0.3) is 0 Å². The second kappa shape index (κ2) is 6.21. The molecule has 1 rings (SSSR count). The van der Waals surface area contributed by atoms with Crippen molar-refractivity contribution < 1.29 is 9.53 Å². The summed E-state index contributed by atoms with van der Waals surface area (Å²) in [7, 11) is 0. The van der Waals surface area contributed by atoms with Gasteiger partial charge in [-0.3, -0.25) is 4.79 Å². The van der Waals surface area contributed by atoms with E-state index in [1.54, 1.807) is 0 Å². The van der Waals surface area contributed by atoms with Crippen LogP contribution in [0, 0.1) is 5.41 Å². The molecular weight excluding hydrogens is 204 g/mol. The van der Waals surface area contributed by atoms with Crippen LogP contribution >= 0.6 is 0 Å². The molecule has 0 saturated carbocycles. The normalized spacial score (nSPS) is 25.8. The van der Waals surface area contributed by atoms with Crippen LogP contribution in [0.4, 0.5) is 0 Å². The van der Waals surface area contributed by atoms with Gasteiger partial charge in [0.2, 0.25) is 5.91 Å². The highest BCUT2D eigenvalue weighted by molar-refractivity contribution is 5.77. The molecule has 0 radical (unpaired) electrons. The third kappa shape index (κ3) is 4.94. The van der Waals surface area contributed by atoms with Crippen molar-refractivity contribution in [3.8, 4) is 0 Å². The predicted octanol–water partition coefficient (Wildman–Crippen LogP) is 0.917. The number of hydrogen-bond donors (Lipinski definition) is 2.